The topological polar surface area (TPSA) is 16.4 Å². The zero-order valence-electron chi connectivity index (χ0n) is 32.9. The van der Waals surface area contributed by atoms with E-state index in [9.17, 15) is 0 Å². The quantitative estimate of drug-likeness (QED) is 0.143. The van der Waals surface area contributed by atoms with Crippen molar-refractivity contribution in [2.75, 3.05) is 4.90 Å². The molecule has 0 radical (unpaired) electrons. The number of furan rings is 1. The number of benzene rings is 10. The van der Waals surface area contributed by atoms with Crippen LogP contribution in [0.1, 0.15) is 0 Å². The first-order valence-corrected chi connectivity index (χ1v) is 20.5. The van der Waals surface area contributed by atoms with Crippen LogP contribution < -0.4 is 4.90 Å². The van der Waals surface area contributed by atoms with Gasteiger partial charge in [-0.05, 0) is 104 Å². The summed E-state index contributed by atoms with van der Waals surface area (Å²) in [6.07, 6.45) is 0. The van der Waals surface area contributed by atoms with Gasteiger partial charge in [-0.3, -0.25) is 0 Å². The minimum Gasteiger partial charge on any atom is -0.455 e. The van der Waals surface area contributed by atoms with Crippen LogP contribution in [0, 0.1) is 0 Å². The van der Waals surface area contributed by atoms with Crippen molar-refractivity contribution in [2.45, 2.75) is 0 Å². The molecule has 2 nitrogen and oxygen atoms in total. The summed E-state index contributed by atoms with van der Waals surface area (Å²) in [4.78, 5) is 2.36. The number of rotatable bonds is 8. The van der Waals surface area contributed by atoms with Gasteiger partial charge in [0.05, 0.1) is 0 Å². The number of anilines is 3. The van der Waals surface area contributed by atoms with E-state index in [-0.39, 0.29) is 0 Å². The van der Waals surface area contributed by atoms with E-state index in [0.29, 0.717) is 0 Å². The Hall–Kier alpha value is -7.94. The molecule has 0 spiro atoms. The number of hydrogen-bond donors (Lipinski definition) is 0. The predicted octanol–water partition coefficient (Wildman–Crippen LogP) is 16.5. The maximum absolute atomic E-state index is 7.00. The first-order chi connectivity index (χ1) is 29.8. The number of hydrogen-bond acceptors (Lipinski definition) is 2. The Balaban J connectivity index is 1.08. The molecule has 0 atom stereocenters. The molecule has 60 heavy (non-hydrogen) atoms. The Kier molecular flexibility index (Phi) is 8.87. The van der Waals surface area contributed by atoms with Crippen molar-refractivity contribution < 1.29 is 4.42 Å². The standard InChI is InChI=1S/C58H39NO/c1-6-18-40(19-7-1)46-36-47(41-20-8-2-9-21-41)38-50(37-46)59(48-26-14-5-15-27-48)49-33-30-42(31-34-49)45-32-35-52-51-28-16-17-29-53(51)58-56(54(52)39-45)55(43-22-10-3-11-23-43)57(60-58)44-24-12-4-13-25-44/h1-39H. The monoisotopic (exact) mass is 765 g/mol. The fourth-order valence-electron chi connectivity index (χ4n) is 8.79. The van der Waals surface area contributed by atoms with Gasteiger partial charge >= 0.3 is 0 Å². The summed E-state index contributed by atoms with van der Waals surface area (Å²) in [5, 5.41) is 5.81. The van der Waals surface area contributed by atoms with Gasteiger partial charge in [-0.25, -0.2) is 0 Å². The van der Waals surface area contributed by atoms with E-state index < -0.39 is 0 Å². The third-order valence-corrected chi connectivity index (χ3v) is 11.6. The van der Waals surface area contributed by atoms with Crippen LogP contribution in [0.15, 0.2) is 241 Å². The van der Waals surface area contributed by atoms with Crippen molar-refractivity contribution in [1.82, 2.24) is 0 Å². The van der Waals surface area contributed by atoms with Crippen LogP contribution in [0.4, 0.5) is 17.1 Å². The third kappa shape index (κ3) is 6.32. The molecule has 11 aromatic rings. The van der Waals surface area contributed by atoms with Gasteiger partial charge in [0.15, 0.2) is 0 Å². The van der Waals surface area contributed by atoms with E-state index in [2.05, 4.69) is 241 Å². The van der Waals surface area contributed by atoms with Crippen molar-refractivity contribution in [3.63, 3.8) is 0 Å². The van der Waals surface area contributed by atoms with E-state index in [1.807, 2.05) is 0 Å². The Morgan fingerprint density at radius 2 is 0.717 bits per heavy atom. The highest BCUT2D eigenvalue weighted by Crippen LogP contribution is 2.48. The number of para-hydroxylation sites is 1. The molecular formula is C58H39NO. The van der Waals surface area contributed by atoms with Crippen LogP contribution in [-0.4, -0.2) is 0 Å². The van der Waals surface area contributed by atoms with Gasteiger partial charge in [-0.1, -0.05) is 188 Å². The molecule has 0 fully saturated rings. The second kappa shape index (κ2) is 15.1. The summed E-state index contributed by atoms with van der Waals surface area (Å²) in [7, 11) is 0. The Bertz CT molecular complexity index is 3210. The first kappa shape index (κ1) is 35.2. The molecule has 10 aromatic carbocycles. The second-order valence-corrected chi connectivity index (χ2v) is 15.3. The van der Waals surface area contributed by atoms with E-state index in [1.54, 1.807) is 0 Å². The van der Waals surface area contributed by atoms with Gasteiger partial charge < -0.3 is 9.32 Å². The lowest BCUT2D eigenvalue weighted by Crippen LogP contribution is -2.10. The molecule has 0 N–H and O–H groups in total. The molecule has 0 aliphatic heterocycles. The lowest BCUT2D eigenvalue weighted by Gasteiger charge is -2.27. The summed E-state index contributed by atoms with van der Waals surface area (Å²) >= 11 is 0. The molecule has 0 aliphatic carbocycles. The van der Waals surface area contributed by atoms with Gasteiger partial charge in [-0.15, -0.1) is 0 Å². The lowest BCUT2D eigenvalue weighted by molar-refractivity contribution is 0.636. The Morgan fingerprint density at radius 3 is 1.32 bits per heavy atom. The third-order valence-electron chi connectivity index (χ3n) is 11.6. The molecule has 282 valence electrons. The van der Waals surface area contributed by atoms with E-state index in [4.69, 9.17) is 4.42 Å². The average Bonchev–Trinajstić information content (AvgIpc) is 3.75. The smallest absolute Gasteiger partial charge is 0.143 e. The maximum atomic E-state index is 7.00. The minimum atomic E-state index is 0.886. The minimum absolute atomic E-state index is 0.886. The number of fused-ring (bicyclic) bond motifs is 6. The van der Waals surface area contributed by atoms with Gasteiger partial charge in [0.1, 0.15) is 11.3 Å². The fraction of sp³-hybridized carbons (Fsp3) is 0. The highest BCUT2D eigenvalue weighted by atomic mass is 16.3. The second-order valence-electron chi connectivity index (χ2n) is 15.3. The van der Waals surface area contributed by atoms with E-state index >= 15 is 0 Å². The van der Waals surface area contributed by atoms with Crippen molar-refractivity contribution in [2.24, 2.45) is 0 Å². The maximum Gasteiger partial charge on any atom is 0.143 e. The van der Waals surface area contributed by atoms with Crippen LogP contribution in [-0.2, 0) is 0 Å². The summed E-state index contributed by atoms with van der Waals surface area (Å²) in [6.45, 7) is 0. The molecule has 0 aliphatic rings. The SMILES string of the molecule is c1ccc(-c2cc(-c3ccccc3)cc(N(c3ccccc3)c3ccc(-c4ccc5c6ccccc6c6oc(-c7ccccc7)c(-c7ccccc7)c6c5c4)cc3)c2)cc1. The summed E-state index contributed by atoms with van der Waals surface area (Å²) < 4.78 is 7.00. The van der Waals surface area contributed by atoms with Gasteiger partial charge in [0.2, 0.25) is 0 Å². The number of nitrogens with zero attached hydrogens (tertiary/aromatic N) is 1. The van der Waals surface area contributed by atoms with Crippen LogP contribution in [0.5, 0.6) is 0 Å². The lowest BCUT2D eigenvalue weighted by atomic mass is 9.90. The van der Waals surface area contributed by atoms with Crippen LogP contribution in [0.3, 0.4) is 0 Å². The molecule has 1 aromatic heterocycles. The predicted molar refractivity (Wildman–Crippen MR) is 253 cm³/mol. The molecule has 0 unspecified atom stereocenters. The zero-order valence-corrected chi connectivity index (χ0v) is 32.9. The van der Waals surface area contributed by atoms with Crippen LogP contribution >= 0.6 is 0 Å². The van der Waals surface area contributed by atoms with E-state index in [1.165, 1.54) is 38.4 Å². The van der Waals surface area contributed by atoms with Crippen molar-refractivity contribution in [3.05, 3.63) is 237 Å². The van der Waals surface area contributed by atoms with Crippen molar-refractivity contribution in [3.8, 4) is 55.8 Å². The van der Waals surface area contributed by atoms with Gasteiger partial charge in [0, 0.05) is 39.0 Å². The molecule has 0 saturated heterocycles. The van der Waals surface area contributed by atoms with Gasteiger partial charge in [-0.2, -0.15) is 0 Å². The van der Waals surface area contributed by atoms with Crippen molar-refractivity contribution >= 4 is 49.6 Å². The van der Waals surface area contributed by atoms with Crippen molar-refractivity contribution in [1.29, 1.82) is 0 Å². The summed E-state index contributed by atoms with van der Waals surface area (Å²) in [5.41, 5.74) is 14.5. The molecule has 11 rings (SSSR count). The van der Waals surface area contributed by atoms with E-state index in [0.717, 1.165) is 67.0 Å². The zero-order chi connectivity index (χ0) is 39.8. The highest BCUT2D eigenvalue weighted by Gasteiger charge is 2.23. The molecule has 0 amide bonds. The largest absolute Gasteiger partial charge is 0.455 e. The molecule has 0 saturated carbocycles. The average molecular weight is 766 g/mol. The van der Waals surface area contributed by atoms with Crippen LogP contribution in [0.2, 0.25) is 0 Å². The molecule has 0 bridgehead atoms. The van der Waals surface area contributed by atoms with Gasteiger partial charge in [0.25, 0.3) is 0 Å². The summed E-state index contributed by atoms with van der Waals surface area (Å²) in [5.74, 6) is 0.886. The van der Waals surface area contributed by atoms with Crippen LogP contribution in [0.25, 0.3) is 88.3 Å². The Labute approximate surface area is 349 Å². The molecule has 1 heterocycles. The Morgan fingerprint density at radius 1 is 0.267 bits per heavy atom. The normalized spacial score (nSPS) is 11.3. The molecular weight excluding hydrogens is 727 g/mol. The first-order valence-electron chi connectivity index (χ1n) is 20.5. The highest BCUT2D eigenvalue weighted by molar-refractivity contribution is 6.29. The fourth-order valence-corrected chi connectivity index (χ4v) is 8.79. The summed E-state index contributed by atoms with van der Waals surface area (Å²) in [6, 6.07) is 84.6. The molecule has 2 heteroatoms.